The van der Waals surface area contributed by atoms with Crippen molar-refractivity contribution in [2.75, 3.05) is 10.2 Å². The quantitative estimate of drug-likeness (QED) is 0.654. The van der Waals surface area contributed by atoms with Gasteiger partial charge in [-0.3, -0.25) is 4.90 Å². The number of aromatic nitrogens is 3. The minimum atomic E-state index is -0.168. The van der Waals surface area contributed by atoms with Crippen LogP contribution >= 0.6 is 0 Å². The van der Waals surface area contributed by atoms with Crippen LogP contribution in [0.4, 0.5) is 16.2 Å². The average Bonchev–Trinajstić information content (AvgIpc) is 2.95. The summed E-state index contributed by atoms with van der Waals surface area (Å²) in [5.41, 5.74) is 5.07. The highest BCUT2D eigenvalue weighted by Gasteiger charge is 2.23. The zero-order valence-corrected chi connectivity index (χ0v) is 18.0. The molecule has 1 aliphatic heterocycles. The van der Waals surface area contributed by atoms with Crippen LogP contribution in [0.2, 0.25) is 0 Å². The van der Waals surface area contributed by atoms with Crippen molar-refractivity contribution < 1.29 is 4.79 Å². The van der Waals surface area contributed by atoms with Crippen LogP contribution in [-0.2, 0) is 19.5 Å². The van der Waals surface area contributed by atoms with E-state index in [0.717, 1.165) is 65.5 Å². The number of rotatable bonds is 4. The van der Waals surface area contributed by atoms with Crippen LogP contribution in [0.3, 0.4) is 0 Å². The van der Waals surface area contributed by atoms with Crippen molar-refractivity contribution in [1.29, 1.82) is 0 Å². The molecule has 1 aliphatic rings. The smallest absolute Gasteiger partial charge is 0.313 e. The van der Waals surface area contributed by atoms with Crippen LogP contribution < -0.4 is 10.2 Å². The van der Waals surface area contributed by atoms with Crippen LogP contribution in [0.5, 0.6) is 0 Å². The molecule has 2 amide bonds. The predicted octanol–water partition coefficient (Wildman–Crippen LogP) is 5.17. The highest BCUT2D eigenvalue weighted by Crippen LogP contribution is 2.26. The van der Waals surface area contributed by atoms with E-state index in [1.807, 2.05) is 43.3 Å². The lowest BCUT2D eigenvalue weighted by atomic mass is 10.1. The van der Waals surface area contributed by atoms with Crippen LogP contribution in [0.15, 0.2) is 42.5 Å². The molecular formula is C24H29N5O. The topological polar surface area (TPSA) is 63.1 Å². The number of fused-ring (bicyclic) bond motifs is 1. The summed E-state index contributed by atoms with van der Waals surface area (Å²) in [6.07, 6.45) is 4.42. The molecule has 0 unspecified atom stereocenters. The normalized spacial score (nSPS) is 13.4. The lowest BCUT2D eigenvalue weighted by Crippen LogP contribution is -2.36. The Balaban J connectivity index is 1.67. The number of amides is 2. The van der Waals surface area contributed by atoms with Gasteiger partial charge in [-0.2, -0.15) is 0 Å². The first-order valence-corrected chi connectivity index (χ1v) is 10.7. The van der Waals surface area contributed by atoms with Gasteiger partial charge in [0.1, 0.15) is 5.82 Å². The Morgan fingerprint density at radius 1 is 1.03 bits per heavy atom. The minimum Gasteiger partial charge on any atom is -0.313 e. The summed E-state index contributed by atoms with van der Waals surface area (Å²) in [6, 6.07) is 13.7. The molecule has 2 aromatic carbocycles. The number of nitrogens with zero attached hydrogens (tertiary/aromatic N) is 4. The van der Waals surface area contributed by atoms with E-state index in [0.29, 0.717) is 6.54 Å². The first-order chi connectivity index (χ1) is 14.5. The monoisotopic (exact) mass is 403 g/mol. The van der Waals surface area contributed by atoms with E-state index >= 15 is 0 Å². The summed E-state index contributed by atoms with van der Waals surface area (Å²) in [7, 11) is 0. The fourth-order valence-corrected chi connectivity index (χ4v) is 3.93. The Bertz CT molecular complexity index is 1040. The average molecular weight is 404 g/mol. The summed E-state index contributed by atoms with van der Waals surface area (Å²) < 4.78 is 2.20. The maximum Gasteiger partial charge on any atom is 0.326 e. The molecule has 1 N–H and O–H groups in total. The molecule has 0 fully saturated rings. The third-order valence-electron chi connectivity index (χ3n) is 5.90. The molecule has 0 aliphatic carbocycles. The number of hydrogen-bond donors (Lipinski definition) is 1. The van der Waals surface area contributed by atoms with E-state index < -0.39 is 0 Å². The number of carbonyl (C=O) groups excluding carboxylic acids is 1. The van der Waals surface area contributed by atoms with Gasteiger partial charge in [0, 0.05) is 24.3 Å². The Morgan fingerprint density at radius 3 is 2.63 bits per heavy atom. The Morgan fingerprint density at radius 2 is 1.83 bits per heavy atom. The summed E-state index contributed by atoms with van der Waals surface area (Å²) >= 11 is 0. The van der Waals surface area contributed by atoms with Gasteiger partial charge in [-0.05, 0) is 62.9 Å². The molecular weight excluding hydrogens is 374 g/mol. The van der Waals surface area contributed by atoms with Gasteiger partial charge in [0.05, 0.1) is 6.54 Å². The van der Waals surface area contributed by atoms with E-state index in [1.165, 1.54) is 6.42 Å². The first kappa shape index (κ1) is 20.1. The molecule has 1 aromatic heterocycles. The van der Waals surface area contributed by atoms with Crippen molar-refractivity contribution in [3.63, 3.8) is 0 Å². The molecule has 6 nitrogen and oxygen atoms in total. The fraction of sp³-hybridized carbons (Fsp3) is 0.375. The summed E-state index contributed by atoms with van der Waals surface area (Å²) in [6.45, 7) is 7.46. The van der Waals surface area contributed by atoms with E-state index in [1.54, 1.807) is 4.90 Å². The zero-order valence-electron chi connectivity index (χ0n) is 18.0. The van der Waals surface area contributed by atoms with Crippen molar-refractivity contribution in [3.8, 4) is 0 Å². The van der Waals surface area contributed by atoms with Gasteiger partial charge in [-0.1, -0.05) is 36.2 Å². The number of benzene rings is 2. The van der Waals surface area contributed by atoms with E-state index in [-0.39, 0.29) is 6.03 Å². The van der Waals surface area contributed by atoms with Crippen LogP contribution in [0.1, 0.15) is 47.6 Å². The molecule has 3 aromatic rings. The number of anilines is 2. The van der Waals surface area contributed by atoms with Crippen molar-refractivity contribution in [2.24, 2.45) is 0 Å². The molecule has 6 heteroatoms. The standard InChI is InChI=1S/C24H29N5O/c1-17-11-13-20(14-12-17)25-24(30)29(21-9-7-8-18(2)19(21)3)16-23-27-26-22-10-5-4-6-15-28(22)23/h7-9,11-14H,4-6,10,15-16H2,1-3H3,(H,25,30). The third-order valence-corrected chi connectivity index (χ3v) is 5.90. The second kappa shape index (κ2) is 8.69. The molecule has 156 valence electrons. The van der Waals surface area contributed by atoms with Crippen molar-refractivity contribution in [2.45, 2.75) is 59.5 Å². The van der Waals surface area contributed by atoms with E-state index in [9.17, 15) is 4.79 Å². The van der Waals surface area contributed by atoms with Crippen molar-refractivity contribution in [3.05, 3.63) is 70.8 Å². The van der Waals surface area contributed by atoms with Gasteiger partial charge in [-0.15, -0.1) is 10.2 Å². The highest BCUT2D eigenvalue weighted by atomic mass is 16.2. The summed E-state index contributed by atoms with van der Waals surface area (Å²) in [5.74, 6) is 1.87. The third kappa shape index (κ3) is 4.22. The van der Waals surface area contributed by atoms with Crippen LogP contribution in [-0.4, -0.2) is 20.8 Å². The number of nitrogens with one attached hydrogen (secondary N) is 1. The summed E-state index contributed by atoms with van der Waals surface area (Å²) in [4.78, 5) is 15.2. The number of aryl methyl sites for hydroxylation is 3. The molecule has 0 bridgehead atoms. The first-order valence-electron chi connectivity index (χ1n) is 10.7. The van der Waals surface area contributed by atoms with E-state index in [2.05, 4.69) is 40.0 Å². The molecule has 30 heavy (non-hydrogen) atoms. The molecule has 0 radical (unpaired) electrons. The predicted molar refractivity (Wildman–Crippen MR) is 120 cm³/mol. The number of hydrogen-bond acceptors (Lipinski definition) is 3. The van der Waals surface area contributed by atoms with Gasteiger partial charge < -0.3 is 9.88 Å². The van der Waals surface area contributed by atoms with Gasteiger partial charge in [0.25, 0.3) is 0 Å². The fourth-order valence-electron chi connectivity index (χ4n) is 3.93. The lowest BCUT2D eigenvalue weighted by Gasteiger charge is -2.25. The highest BCUT2D eigenvalue weighted by molar-refractivity contribution is 6.02. The lowest BCUT2D eigenvalue weighted by molar-refractivity contribution is 0.256. The maximum atomic E-state index is 13.4. The number of urea groups is 1. The SMILES string of the molecule is Cc1ccc(NC(=O)N(Cc2nnc3n2CCCCC3)c2cccc(C)c2C)cc1. The molecule has 0 spiro atoms. The van der Waals surface area contributed by atoms with Gasteiger partial charge in [0.15, 0.2) is 5.82 Å². The molecule has 0 saturated heterocycles. The Hall–Kier alpha value is -3.15. The van der Waals surface area contributed by atoms with Gasteiger partial charge in [-0.25, -0.2) is 4.79 Å². The van der Waals surface area contributed by atoms with Gasteiger partial charge in [0.2, 0.25) is 0 Å². The molecule has 0 atom stereocenters. The van der Waals surface area contributed by atoms with Crippen molar-refractivity contribution in [1.82, 2.24) is 14.8 Å². The minimum absolute atomic E-state index is 0.168. The maximum absolute atomic E-state index is 13.4. The van der Waals surface area contributed by atoms with Crippen LogP contribution in [0.25, 0.3) is 0 Å². The second-order valence-corrected chi connectivity index (χ2v) is 8.10. The van der Waals surface area contributed by atoms with Crippen molar-refractivity contribution >= 4 is 17.4 Å². The largest absolute Gasteiger partial charge is 0.326 e. The van der Waals surface area contributed by atoms with E-state index in [4.69, 9.17) is 0 Å². The second-order valence-electron chi connectivity index (χ2n) is 8.10. The zero-order chi connectivity index (χ0) is 21.1. The van der Waals surface area contributed by atoms with Gasteiger partial charge >= 0.3 is 6.03 Å². The summed E-state index contributed by atoms with van der Waals surface area (Å²) in [5, 5.41) is 11.9. The molecule has 4 rings (SSSR count). The Kier molecular flexibility index (Phi) is 5.84. The number of carbonyl (C=O) groups is 1. The Labute approximate surface area is 177 Å². The molecule has 0 saturated carbocycles. The molecule has 2 heterocycles. The van der Waals surface area contributed by atoms with Crippen LogP contribution in [0, 0.1) is 20.8 Å².